The molecule has 2 N–H and O–H groups in total. The fraction of sp³-hybridized carbons (Fsp3) is 0.269. The summed E-state index contributed by atoms with van der Waals surface area (Å²) in [5.74, 6) is -0.102. The van der Waals surface area contributed by atoms with Crippen molar-refractivity contribution >= 4 is 23.0 Å². The van der Waals surface area contributed by atoms with Gasteiger partial charge in [-0.2, -0.15) is 0 Å². The largest absolute Gasteiger partial charge is 0.381 e. The molecule has 0 radical (unpaired) electrons. The van der Waals surface area contributed by atoms with E-state index in [1.807, 2.05) is 54.6 Å². The number of aryl methyl sites for hydroxylation is 1. The van der Waals surface area contributed by atoms with Crippen LogP contribution in [0.25, 0.3) is 0 Å². The molecule has 1 fully saturated rings. The van der Waals surface area contributed by atoms with Crippen molar-refractivity contribution in [1.29, 1.82) is 0 Å². The summed E-state index contributed by atoms with van der Waals surface area (Å²) in [6.45, 7) is 6.14. The highest BCUT2D eigenvalue weighted by molar-refractivity contribution is 6.04. The molecule has 0 aromatic heterocycles. The minimum Gasteiger partial charge on any atom is -0.381 e. The monoisotopic (exact) mass is 415 g/mol. The van der Waals surface area contributed by atoms with E-state index in [1.165, 1.54) is 5.56 Å². The number of carbonyl (C=O) groups is 1. The van der Waals surface area contributed by atoms with E-state index in [-0.39, 0.29) is 5.91 Å². The zero-order valence-corrected chi connectivity index (χ0v) is 17.9. The van der Waals surface area contributed by atoms with Crippen LogP contribution in [0.5, 0.6) is 0 Å². The van der Waals surface area contributed by atoms with Crippen LogP contribution in [-0.2, 0) is 17.7 Å². The number of amides is 1. The van der Waals surface area contributed by atoms with Gasteiger partial charge in [0, 0.05) is 42.3 Å². The first-order valence-electron chi connectivity index (χ1n) is 10.9. The zero-order valence-electron chi connectivity index (χ0n) is 17.9. The Morgan fingerprint density at radius 2 is 1.74 bits per heavy atom. The molecule has 1 amide bonds. The molecule has 3 aromatic rings. The van der Waals surface area contributed by atoms with Crippen LogP contribution in [-0.4, -0.2) is 32.2 Å². The summed E-state index contributed by atoms with van der Waals surface area (Å²) < 4.78 is 5.41. The average Bonchev–Trinajstić information content (AvgIpc) is 2.84. The van der Waals surface area contributed by atoms with Gasteiger partial charge in [0.15, 0.2) is 0 Å². The number of benzene rings is 3. The fourth-order valence-corrected chi connectivity index (χ4v) is 3.80. The number of nitrogens with one attached hydrogen (secondary N) is 2. The third-order valence-corrected chi connectivity index (χ3v) is 5.57. The summed E-state index contributed by atoms with van der Waals surface area (Å²) in [6.07, 6.45) is 0.982. The first-order valence-corrected chi connectivity index (χ1v) is 10.9. The molecular formula is C26H29N3O2. The highest BCUT2D eigenvalue weighted by Crippen LogP contribution is 2.20. The number of nitrogens with zero attached hydrogens (tertiary/aromatic N) is 1. The van der Waals surface area contributed by atoms with Gasteiger partial charge in [-0.3, -0.25) is 4.79 Å². The normalized spacial score (nSPS) is 13.6. The highest BCUT2D eigenvalue weighted by Gasteiger charge is 2.12. The number of para-hydroxylation sites is 1. The minimum absolute atomic E-state index is 0.102. The summed E-state index contributed by atoms with van der Waals surface area (Å²) in [5, 5.41) is 6.49. The quantitative estimate of drug-likeness (QED) is 0.573. The molecule has 4 rings (SSSR count). The Hall–Kier alpha value is -3.31. The van der Waals surface area contributed by atoms with Crippen molar-refractivity contribution < 1.29 is 9.53 Å². The molecule has 1 heterocycles. The number of morpholine rings is 1. The Bertz CT molecular complexity index is 1010. The molecule has 1 saturated heterocycles. The molecule has 5 heteroatoms. The Balaban J connectivity index is 1.37. The third-order valence-electron chi connectivity index (χ3n) is 5.57. The van der Waals surface area contributed by atoms with Crippen molar-refractivity contribution in [3.63, 3.8) is 0 Å². The van der Waals surface area contributed by atoms with Crippen molar-refractivity contribution in [1.82, 2.24) is 0 Å². The summed E-state index contributed by atoms with van der Waals surface area (Å²) in [4.78, 5) is 15.1. The number of anilines is 3. The molecular weight excluding hydrogens is 386 g/mol. The Morgan fingerprint density at radius 1 is 0.968 bits per heavy atom. The van der Waals surface area contributed by atoms with Crippen LogP contribution in [0.2, 0.25) is 0 Å². The van der Waals surface area contributed by atoms with E-state index in [0.717, 1.165) is 55.3 Å². The SMILES string of the molecule is CCc1ccccc1NCc1cccc(C(=O)Nc2ccc(N3CCOCC3)cc2)c1. The number of hydrogen-bond donors (Lipinski definition) is 2. The molecule has 1 aliphatic heterocycles. The van der Waals surface area contributed by atoms with Crippen LogP contribution in [0.15, 0.2) is 72.8 Å². The first kappa shape index (κ1) is 20.9. The van der Waals surface area contributed by atoms with Crippen molar-refractivity contribution in [3.8, 4) is 0 Å². The molecule has 0 spiro atoms. The second kappa shape index (κ2) is 10.1. The van der Waals surface area contributed by atoms with Crippen LogP contribution in [0, 0.1) is 0 Å². The minimum atomic E-state index is -0.102. The maximum Gasteiger partial charge on any atom is 0.255 e. The number of ether oxygens (including phenoxy) is 1. The van der Waals surface area contributed by atoms with Crippen LogP contribution in [0.3, 0.4) is 0 Å². The van der Waals surface area contributed by atoms with Crippen molar-refractivity contribution in [3.05, 3.63) is 89.5 Å². The molecule has 0 bridgehead atoms. The summed E-state index contributed by atoms with van der Waals surface area (Å²) in [6, 6.07) is 24.1. The average molecular weight is 416 g/mol. The van der Waals surface area contributed by atoms with Crippen molar-refractivity contribution in [2.45, 2.75) is 19.9 Å². The molecule has 0 saturated carbocycles. The van der Waals surface area contributed by atoms with Gasteiger partial charge in [0.25, 0.3) is 5.91 Å². The lowest BCUT2D eigenvalue weighted by Crippen LogP contribution is -2.36. The second-order valence-corrected chi connectivity index (χ2v) is 7.67. The molecule has 31 heavy (non-hydrogen) atoms. The van der Waals surface area contributed by atoms with Gasteiger partial charge in [-0.15, -0.1) is 0 Å². The van der Waals surface area contributed by atoms with E-state index in [4.69, 9.17) is 4.74 Å². The lowest BCUT2D eigenvalue weighted by atomic mass is 10.1. The maximum atomic E-state index is 12.8. The Morgan fingerprint density at radius 3 is 2.52 bits per heavy atom. The summed E-state index contributed by atoms with van der Waals surface area (Å²) in [7, 11) is 0. The van der Waals surface area contributed by atoms with Gasteiger partial charge in [0.1, 0.15) is 0 Å². The van der Waals surface area contributed by atoms with E-state index in [2.05, 4.69) is 40.7 Å². The van der Waals surface area contributed by atoms with Crippen molar-refractivity contribution in [2.75, 3.05) is 41.8 Å². The summed E-state index contributed by atoms with van der Waals surface area (Å²) >= 11 is 0. The van der Waals surface area contributed by atoms with Crippen LogP contribution < -0.4 is 15.5 Å². The van der Waals surface area contributed by atoms with E-state index < -0.39 is 0 Å². The molecule has 0 unspecified atom stereocenters. The van der Waals surface area contributed by atoms with Crippen LogP contribution >= 0.6 is 0 Å². The van der Waals surface area contributed by atoms with Crippen molar-refractivity contribution in [2.24, 2.45) is 0 Å². The van der Waals surface area contributed by atoms with Crippen LogP contribution in [0.4, 0.5) is 17.1 Å². The molecule has 0 atom stereocenters. The van der Waals surface area contributed by atoms with E-state index in [1.54, 1.807) is 0 Å². The van der Waals surface area contributed by atoms with E-state index >= 15 is 0 Å². The van der Waals surface area contributed by atoms with Gasteiger partial charge in [-0.1, -0.05) is 37.3 Å². The lowest BCUT2D eigenvalue weighted by Gasteiger charge is -2.28. The van der Waals surface area contributed by atoms with E-state index in [0.29, 0.717) is 12.1 Å². The van der Waals surface area contributed by atoms with Gasteiger partial charge in [0.2, 0.25) is 0 Å². The smallest absolute Gasteiger partial charge is 0.255 e. The van der Waals surface area contributed by atoms with Gasteiger partial charge in [0.05, 0.1) is 13.2 Å². The Kier molecular flexibility index (Phi) is 6.85. The van der Waals surface area contributed by atoms with Crippen LogP contribution in [0.1, 0.15) is 28.4 Å². The first-order chi connectivity index (χ1) is 15.2. The predicted octanol–water partition coefficient (Wildman–Crippen LogP) is 4.95. The Labute approximate surface area is 184 Å². The second-order valence-electron chi connectivity index (χ2n) is 7.67. The van der Waals surface area contributed by atoms with Gasteiger partial charge in [-0.25, -0.2) is 0 Å². The number of hydrogen-bond acceptors (Lipinski definition) is 4. The highest BCUT2D eigenvalue weighted by atomic mass is 16.5. The zero-order chi connectivity index (χ0) is 21.5. The maximum absolute atomic E-state index is 12.8. The summed E-state index contributed by atoms with van der Waals surface area (Å²) in [5.41, 5.74) is 6.10. The van der Waals surface area contributed by atoms with Gasteiger partial charge in [-0.05, 0) is 60.0 Å². The molecule has 160 valence electrons. The molecule has 3 aromatic carbocycles. The predicted molar refractivity (Wildman–Crippen MR) is 127 cm³/mol. The molecule has 0 aliphatic carbocycles. The van der Waals surface area contributed by atoms with Gasteiger partial charge >= 0.3 is 0 Å². The standard InChI is InChI=1S/C26H29N3O2/c1-2-21-7-3-4-9-25(21)27-19-20-6-5-8-22(18-20)26(30)28-23-10-12-24(13-11-23)29-14-16-31-17-15-29/h3-13,18,27H,2,14-17,19H2,1H3,(H,28,30). The lowest BCUT2D eigenvalue weighted by molar-refractivity contribution is 0.102. The topological polar surface area (TPSA) is 53.6 Å². The third kappa shape index (κ3) is 5.44. The number of carbonyl (C=O) groups excluding carboxylic acids is 1. The fourth-order valence-electron chi connectivity index (χ4n) is 3.80. The number of rotatable bonds is 7. The van der Waals surface area contributed by atoms with Gasteiger partial charge < -0.3 is 20.3 Å². The molecule has 1 aliphatic rings. The van der Waals surface area contributed by atoms with E-state index in [9.17, 15) is 4.79 Å². The molecule has 5 nitrogen and oxygen atoms in total.